The molecule has 0 radical (unpaired) electrons. The second-order valence-corrected chi connectivity index (χ2v) is 8.81. The van der Waals surface area contributed by atoms with Gasteiger partial charge in [0, 0.05) is 22.3 Å². The molecule has 5 heteroatoms. The predicted molar refractivity (Wildman–Crippen MR) is 135 cm³/mol. The summed E-state index contributed by atoms with van der Waals surface area (Å²) < 4.78 is 0. The van der Waals surface area contributed by atoms with E-state index in [9.17, 15) is 9.59 Å². The number of para-hydroxylation sites is 1. The van der Waals surface area contributed by atoms with E-state index in [1.807, 2.05) is 93.6 Å². The van der Waals surface area contributed by atoms with Gasteiger partial charge >= 0.3 is 0 Å². The first kappa shape index (κ1) is 23.4. The lowest BCUT2D eigenvalue weighted by molar-refractivity contribution is -0.115. The van der Waals surface area contributed by atoms with Gasteiger partial charge in [0.2, 0.25) is 11.8 Å². The van der Waals surface area contributed by atoms with Gasteiger partial charge in [0.1, 0.15) is 0 Å². The molecule has 1 unspecified atom stereocenters. The summed E-state index contributed by atoms with van der Waals surface area (Å²) in [5.41, 5.74) is 4.64. The monoisotopic (exact) mass is 444 g/mol. The Bertz CT molecular complexity index is 1090. The summed E-state index contributed by atoms with van der Waals surface area (Å²) in [6, 6.07) is 23.2. The van der Waals surface area contributed by atoms with Crippen LogP contribution in [0.2, 0.25) is 0 Å². The molecule has 1 atom stereocenters. The maximum atomic E-state index is 12.9. The van der Waals surface area contributed by atoms with Crippen molar-refractivity contribution in [2.24, 2.45) is 0 Å². The van der Waals surface area contributed by atoms with E-state index in [1.54, 1.807) is 6.08 Å². The number of nitrogens with one attached hydrogen (secondary N) is 2. The van der Waals surface area contributed by atoms with Crippen molar-refractivity contribution >= 4 is 41.0 Å². The maximum Gasteiger partial charge on any atom is 0.248 e. The highest BCUT2D eigenvalue weighted by Gasteiger charge is 2.19. The number of anilines is 2. The molecule has 0 spiro atoms. The fourth-order valence-electron chi connectivity index (χ4n) is 3.27. The molecule has 0 aromatic heterocycles. The molecule has 0 saturated heterocycles. The van der Waals surface area contributed by atoms with Gasteiger partial charge in [-0.2, -0.15) is 0 Å². The molecule has 0 aliphatic rings. The van der Waals surface area contributed by atoms with E-state index in [-0.39, 0.29) is 17.1 Å². The molecule has 0 fully saturated rings. The summed E-state index contributed by atoms with van der Waals surface area (Å²) in [6.07, 6.45) is 3.98. The molecule has 3 rings (SSSR count). The molecule has 0 aliphatic carbocycles. The van der Waals surface area contributed by atoms with Crippen molar-refractivity contribution < 1.29 is 9.59 Å². The van der Waals surface area contributed by atoms with Gasteiger partial charge in [-0.15, -0.1) is 11.8 Å². The molecule has 0 bridgehead atoms. The van der Waals surface area contributed by atoms with Gasteiger partial charge in [-0.1, -0.05) is 61.5 Å². The normalized spacial score (nSPS) is 11.8. The van der Waals surface area contributed by atoms with Crippen molar-refractivity contribution in [1.29, 1.82) is 0 Å². The lowest BCUT2D eigenvalue weighted by Crippen LogP contribution is -2.25. The van der Waals surface area contributed by atoms with E-state index >= 15 is 0 Å². The minimum absolute atomic E-state index is 0.0184. The highest BCUT2D eigenvalue weighted by Crippen LogP contribution is 2.29. The van der Waals surface area contributed by atoms with Gasteiger partial charge in [-0.05, 0) is 61.2 Å². The van der Waals surface area contributed by atoms with E-state index in [2.05, 4.69) is 10.6 Å². The first-order valence-electron chi connectivity index (χ1n) is 10.6. The number of thioether (sulfide) groups is 1. The van der Waals surface area contributed by atoms with E-state index in [0.29, 0.717) is 12.1 Å². The van der Waals surface area contributed by atoms with Crippen molar-refractivity contribution in [2.45, 2.75) is 37.3 Å². The van der Waals surface area contributed by atoms with Crippen molar-refractivity contribution in [3.63, 3.8) is 0 Å². The number of hydrogen-bond donors (Lipinski definition) is 2. The molecule has 0 saturated carbocycles. The third-order valence-corrected chi connectivity index (χ3v) is 6.36. The fraction of sp³-hybridized carbons (Fsp3) is 0.185. The number of benzene rings is 3. The zero-order valence-corrected chi connectivity index (χ0v) is 19.4. The van der Waals surface area contributed by atoms with Gasteiger partial charge < -0.3 is 10.6 Å². The van der Waals surface area contributed by atoms with E-state index in [0.717, 1.165) is 27.3 Å². The smallest absolute Gasteiger partial charge is 0.248 e. The van der Waals surface area contributed by atoms with Crippen LogP contribution in [-0.4, -0.2) is 17.1 Å². The summed E-state index contributed by atoms with van der Waals surface area (Å²) in [5, 5.41) is 5.74. The van der Waals surface area contributed by atoms with Crippen LogP contribution in [0.1, 0.15) is 30.0 Å². The lowest BCUT2D eigenvalue weighted by Gasteiger charge is -2.17. The van der Waals surface area contributed by atoms with Gasteiger partial charge in [-0.3, -0.25) is 9.59 Å². The number of aryl methyl sites for hydroxylation is 2. The van der Waals surface area contributed by atoms with Crippen molar-refractivity contribution in [3.8, 4) is 0 Å². The third kappa shape index (κ3) is 6.59. The van der Waals surface area contributed by atoms with Gasteiger partial charge in [0.15, 0.2) is 0 Å². The van der Waals surface area contributed by atoms with Crippen LogP contribution in [0.25, 0.3) is 6.08 Å². The number of hydrogen-bond acceptors (Lipinski definition) is 3. The van der Waals surface area contributed by atoms with E-state index < -0.39 is 0 Å². The van der Waals surface area contributed by atoms with Crippen LogP contribution in [0.3, 0.4) is 0 Å². The van der Waals surface area contributed by atoms with E-state index in [4.69, 9.17) is 0 Å². The number of amides is 2. The summed E-state index contributed by atoms with van der Waals surface area (Å²) in [7, 11) is 0. The van der Waals surface area contributed by atoms with Crippen LogP contribution in [-0.2, 0) is 9.59 Å². The third-order valence-electron chi connectivity index (χ3n) is 5.00. The zero-order chi connectivity index (χ0) is 22.9. The molecule has 2 amide bonds. The average molecular weight is 445 g/mol. The average Bonchev–Trinajstić information content (AvgIpc) is 2.79. The van der Waals surface area contributed by atoms with Crippen LogP contribution in [0, 0.1) is 13.8 Å². The summed E-state index contributed by atoms with van der Waals surface area (Å²) in [6.45, 7) is 5.99. The van der Waals surface area contributed by atoms with Crippen molar-refractivity contribution in [3.05, 3.63) is 95.6 Å². The molecule has 164 valence electrons. The van der Waals surface area contributed by atoms with Crippen LogP contribution >= 0.6 is 11.8 Å². The molecule has 3 aromatic rings. The number of carbonyl (C=O) groups is 2. The summed E-state index contributed by atoms with van der Waals surface area (Å²) in [4.78, 5) is 26.1. The minimum Gasteiger partial charge on any atom is -0.325 e. The highest BCUT2D eigenvalue weighted by atomic mass is 32.2. The Morgan fingerprint density at radius 2 is 1.59 bits per heavy atom. The second-order valence-electron chi connectivity index (χ2n) is 7.53. The molecule has 0 heterocycles. The summed E-state index contributed by atoms with van der Waals surface area (Å²) in [5.74, 6) is -0.217. The molecule has 2 N–H and O–H groups in total. The molecule has 4 nitrogen and oxygen atoms in total. The lowest BCUT2D eigenvalue weighted by atomic mass is 10.1. The minimum atomic E-state index is -0.238. The zero-order valence-electron chi connectivity index (χ0n) is 18.6. The molecule has 0 aliphatic heterocycles. The molecular formula is C27H28N2O2S. The first-order valence-corrected chi connectivity index (χ1v) is 11.5. The van der Waals surface area contributed by atoms with Gasteiger partial charge in [-0.25, -0.2) is 0 Å². The van der Waals surface area contributed by atoms with Crippen molar-refractivity contribution in [1.82, 2.24) is 0 Å². The van der Waals surface area contributed by atoms with Crippen molar-refractivity contribution in [2.75, 3.05) is 10.6 Å². The molecular weight excluding hydrogens is 416 g/mol. The number of carbonyl (C=O) groups excluding carboxylic acids is 2. The SMILES string of the molecule is CCC(Sc1cccc(NC(=O)/C=C/c2ccccc2)c1)C(=O)Nc1c(C)cccc1C. The van der Waals surface area contributed by atoms with Crippen LogP contribution < -0.4 is 10.6 Å². The Morgan fingerprint density at radius 1 is 0.906 bits per heavy atom. The Balaban J connectivity index is 1.64. The van der Waals surface area contributed by atoms with Crippen LogP contribution in [0.5, 0.6) is 0 Å². The van der Waals surface area contributed by atoms with Crippen LogP contribution in [0.4, 0.5) is 11.4 Å². The van der Waals surface area contributed by atoms with Gasteiger partial charge in [0.05, 0.1) is 5.25 Å². The summed E-state index contributed by atoms with van der Waals surface area (Å²) >= 11 is 1.50. The predicted octanol–water partition coefficient (Wildman–Crippen LogP) is 6.46. The number of rotatable bonds is 8. The quantitative estimate of drug-likeness (QED) is 0.309. The molecule has 3 aromatic carbocycles. The highest BCUT2D eigenvalue weighted by molar-refractivity contribution is 8.00. The Labute approximate surface area is 194 Å². The van der Waals surface area contributed by atoms with E-state index in [1.165, 1.54) is 17.8 Å². The molecule has 32 heavy (non-hydrogen) atoms. The topological polar surface area (TPSA) is 58.2 Å². The Morgan fingerprint density at radius 3 is 2.28 bits per heavy atom. The largest absolute Gasteiger partial charge is 0.325 e. The fourth-order valence-corrected chi connectivity index (χ4v) is 4.28. The maximum absolute atomic E-state index is 12.9. The Kier molecular flexibility index (Phi) is 8.28. The second kappa shape index (κ2) is 11.3. The standard InChI is InChI=1S/C27H28N2O2S/c1-4-24(27(31)29-26-19(2)10-8-11-20(26)3)32-23-15-9-14-22(18-23)28-25(30)17-16-21-12-6-5-7-13-21/h5-18,24H,4H2,1-3H3,(H,28,30)(H,29,31)/b17-16+. The van der Waals surface area contributed by atoms with Gasteiger partial charge in [0.25, 0.3) is 0 Å². The van der Waals surface area contributed by atoms with Crippen LogP contribution in [0.15, 0.2) is 83.8 Å². The Hall–Kier alpha value is -3.31. The first-order chi connectivity index (χ1) is 15.5.